The predicted octanol–water partition coefficient (Wildman–Crippen LogP) is 1.94. The van der Waals surface area contributed by atoms with Gasteiger partial charge in [0.1, 0.15) is 6.04 Å². The second-order valence-corrected chi connectivity index (χ2v) is 5.73. The highest BCUT2D eigenvalue weighted by Gasteiger charge is 2.19. The van der Waals surface area contributed by atoms with Crippen LogP contribution in [0, 0.1) is 11.8 Å². The molecule has 5 heteroatoms. The zero-order valence-electron chi connectivity index (χ0n) is 12.6. The summed E-state index contributed by atoms with van der Waals surface area (Å²) in [5, 5.41) is 11.7. The molecular weight excluding hydrogens is 268 g/mol. The molecule has 0 spiro atoms. The standard InChI is InChI=1S/C16H24N2O3/c1-11(2)8-12(9-14(19)20)10-18-16(21)15(17)13-6-4-3-5-7-13/h3-7,11-12,15H,8-10,17H2,1-2H3,(H,18,21)(H,19,20)/t12-,15?/m0/s1. The first-order valence-electron chi connectivity index (χ1n) is 7.20. The number of amides is 1. The molecule has 116 valence electrons. The molecule has 0 aliphatic rings. The number of hydrogen-bond donors (Lipinski definition) is 3. The number of benzene rings is 1. The van der Waals surface area contributed by atoms with Gasteiger partial charge in [-0.15, -0.1) is 0 Å². The van der Waals surface area contributed by atoms with Gasteiger partial charge < -0.3 is 16.2 Å². The molecule has 4 N–H and O–H groups in total. The Morgan fingerprint density at radius 2 is 1.86 bits per heavy atom. The van der Waals surface area contributed by atoms with Crippen LogP contribution in [0.2, 0.25) is 0 Å². The number of carbonyl (C=O) groups is 2. The number of hydrogen-bond acceptors (Lipinski definition) is 3. The fourth-order valence-electron chi connectivity index (χ4n) is 2.32. The lowest BCUT2D eigenvalue weighted by Gasteiger charge is -2.19. The Labute approximate surface area is 125 Å². The van der Waals surface area contributed by atoms with Crippen LogP contribution in [0.25, 0.3) is 0 Å². The van der Waals surface area contributed by atoms with E-state index in [1.54, 1.807) is 12.1 Å². The second-order valence-electron chi connectivity index (χ2n) is 5.73. The van der Waals surface area contributed by atoms with E-state index in [-0.39, 0.29) is 18.2 Å². The smallest absolute Gasteiger partial charge is 0.303 e. The quantitative estimate of drug-likeness (QED) is 0.682. The topological polar surface area (TPSA) is 92.4 Å². The first-order chi connectivity index (χ1) is 9.90. The molecular formula is C16H24N2O3. The van der Waals surface area contributed by atoms with Gasteiger partial charge in [-0.2, -0.15) is 0 Å². The van der Waals surface area contributed by atoms with E-state index in [0.717, 1.165) is 12.0 Å². The lowest BCUT2D eigenvalue weighted by molar-refractivity contribution is -0.138. The molecule has 5 nitrogen and oxygen atoms in total. The highest BCUT2D eigenvalue weighted by Crippen LogP contribution is 2.15. The summed E-state index contributed by atoms with van der Waals surface area (Å²) < 4.78 is 0. The van der Waals surface area contributed by atoms with Crippen LogP contribution >= 0.6 is 0 Å². The third kappa shape index (κ3) is 6.40. The average molecular weight is 292 g/mol. The van der Waals surface area contributed by atoms with Crippen molar-refractivity contribution in [3.05, 3.63) is 35.9 Å². The zero-order chi connectivity index (χ0) is 15.8. The summed E-state index contributed by atoms with van der Waals surface area (Å²) in [4.78, 5) is 22.9. The molecule has 0 aromatic heterocycles. The average Bonchev–Trinajstić information content (AvgIpc) is 2.43. The largest absolute Gasteiger partial charge is 0.481 e. The van der Waals surface area contributed by atoms with Gasteiger partial charge in [0.2, 0.25) is 5.91 Å². The van der Waals surface area contributed by atoms with E-state index < -0.39 is 12.0 Å². The number of rotatable bonds is 8. The molecule has 0 fully saturated rings. The Kier molecular flexibility index (Phi) is 6.88. The summed E-state index contributed by atoms with van der Waals surface area (Å²) in [6, 6.07) is 8.39. The Balaban J connectivity index is 2.54. The maximum Gasteiger partial charge on any atom is 0.303 e. The summed E-state index contributed by atoms with van der Waals surface area (Å²) in [5.41, 5.74) is 6.64. The molecule has 0 saturated heterocycles. The molecule has 1 aromatic rings. The van der Waals surface area contributed by atoms with Gasteiger partial charge in [-0.25, -0.2) is 0 Å². The van der Waals surface area contributed by atoms with Gasteiger partial charge in [0.15, 0.2) is 0 Å². The predicted molar refractivity (Wildman–Crippen MR) is 81.6 cm³/mol. The zero-order valence-corrected chi connectivity index (χ0v) is 12.6. The van der Waals surface area contributed by atoms with Gasteiger partial charge in [0.25, 0.3) is 0 Å². The molecule has 1 amide bonds. The number of aliphatic carboxylic acids is 1. The van der Waals surface area contributed by atoms with Crippen LogP contribution in [0.3, 0.4) is 0 Å². The van der Waals surface area contributed by atoms with Crippen LogP contribution in [0.1, 0.15) is 38.3 Å². The van der Waals surface area contributed by atoms with Crippen molar-refractivity contribution >= 4 is 11.9 Å². The van der Waals surface area contributed by atoms with Crippen molar-refractivity contribution < 1.29 is 14.7 Å². The number of carboxylic acid groups (broad SMARTS) is 1. The lowest BCUT2D eigenvalue weighted by Crippen LogP contribution is -2.37. The van der Waals surface area contributed by atoms with Crippen molar-refractivity contribution in [3.63, 3.8) is 0 Å². The van der Waals surface area contributed by atoms with Gasteiger partial charge in [-0.3, -0.25) is 9.59 Å². The minimum absolute atomic E-state index is 0.0546. The fraction of sp³-hybridized carbons (Fsp3) is 0.500. The molecule has 2 atom stereocenters. The molecule has 0 aliphatic carbocycles. The maximum absolute atomic E-state index is 12.0. The molecule has 1 rings (SSSR count). The summed E-state index contributed by atoms with van der Waals surface area (Å²) >= 11 is 0. The first-order valence-corrected chi connectivity index (χ1v) is 7.20. The van der Waals surface area contributed by atoms with Crippen molar-refractivity contribution in [2.45, 2.75) is 32.7 Å². The Morgan fingerprint density at radius 1 is 1.24 bits per heavy atom. The third-order valence-corrected chi connectivity index (χ3v) is 3.27. The summed E-state index contributed by atoms with van der Waals surface area (Å²) in [6.07, 6.45) is 0.812. The lowest BCUT2D eigenvalue weighted by atomic mass is 9.94. The van der Waals surface area contributed by atoms with E-state index in [2.05, 4.69) is 5.32 Å². The van der Waals surface area contributed by atoms with E-state index in [1.807, 2.05) is 32.0 Å². The monoisotopic (exact) mass is 292 g/mol. The van der Waals surface area contributed by atoms with Crippen molar-refractivity contribution in [1.82, 2.24) is 5.32 Å². The van der Waals surface area contributed by atoms with Crippen LogP contribution in [0.4, 0.5) is 0 Å². The van der Waals surface area contributed by atoms with Gasteiger partial charge >= 0.3 is 5.97 Å². The number of carbonyl (C=O) groups excluding carboxylic acids is 1. The molecule has 0 aliphatic heterocycles. The normalized spacial score (nSPS) is 13.7. The highest BCUT2D eigenvalue weighted by atomic mass is 16.4. The first kappa shape index (κ1) is 17.2. The molecule has 1 unspecified atom stereocenters. The van der Waals surface area contributed by atoms with E-state index in [9.17, 15) is 9.59 Å². The van der Waals surface area contributed by atoms with Crippen molar-refractivity contribution in [3.8, 4) is 0 Å². The molecule has 21 heavy (non-hydrogen) atoms. The minimum Gasteiger partial charge on any atom is -0.481 e. The molecule has 0 radical (unpaired) electrons. The Hall–Kier alpha value is -1.88. The number of nitrogens with one attached hydrogen (secondary N) is 1. The van der Waals surface area contributed by atoms with Crippen molar-refractivity contribution in [2.75, 3.05) is 6.54 Å². The SMILES string of the molecule is CC(C)C[C@H](CNC(=O)C(N)c1ccccc1)CC(=O)O. The highest BCUT2D eigenvalue weighted by molar-refractivity contribution is 5.82. The van der Waals surface area contributed by atoms with Gasteiger partial charge in [-0.1, -0.05) is 44.2 Å². The molecule has 0 heterocycles. The summed E-state index contributed by atoms with van der Waals surface area (Å²) in [5.74, 6) is -0.814. The molecule has 1 aromatic carbocycles. The van der Waals surface area contributed by atoms with E-state index in [1.165, 1.54) is 0 Å². The number of carboxylic acids is 1. The van der Waals surface area contributed by atoms with E-state index in [4.69, 9.17) is 10.8 Å². The van der Waals surface area contributed by atoms with Crippen LogP contribution in [0.5, 0.6) is 0 Å². The Bertz CT molecular complexity index is 460. The van der Waals surface area contributed by atoms with Crippen LogP contribution in [0.15, 0.2) is 30.3 Å². The van der Waals surface area contributed by atoms with Crippen molar-refractivity contribution in [2.24, 2.45) is 17.6 Å². The number of nitrogens with two attached hydrogens (primary N) is 1. The van der Waals surface area contributed by atoms with E-state index in [0.29, 0.717) is 12.5 Å². The summed E-state index contributed by atoms with van der Waals surface area (Å²) in [7, 11) is 0. The molecule has 0 saturated carbocycles. The second kappa shape index (κ2) is 8.42. The van der Waals surface area contributed by atoms with Crippen LogP contribution < -0.4 is 11.1 Å². The van der Waals surface area contributed by atoms with Gasteiger partial charge in [-0.05, 0) is 23.8 Å². The third-order valence-electron chi connectivity index (χ3n) is 3.27. The maximum atomic E-state index is 12.0. The van der Waals surface area contributed by atoms with Crippen molar-refractivity contribution in [1.29, 1.82) is 0 Å². The van der Waals surface area contributed by atoms with Crippen LogP contribution in [-0.2, 0) is 9.59 Å². The molecule has 0 bridgehead atoms. The van der Waals surface area contributed by atoms with Gasteiger partial charge in [0.05, 0.1) is 0 Å². The van der Waals surface area contributed by atoms with Crippen LogP contribution in [-0.4, -0.2) is 23.5 Å². The van der Waals surface area contributed by atoms with E-state index >= 15 is 0 Å². The summed E-state index contributed by atoms with van der Waals surface area (Å²) in [6.45, 7) is 4.41. The Morgan fingerprint density at radius 3 is 2.38 bits per heavy atom. The van der Waals surface area contributed by atoms with Gasteiger partial charge in [0, 0.05) is 13.0 Å². The fourth-order valence-corrected chi connectivity index (χ4v) is 2.32. The minimum atomic E-state index is -0.845.